The lowest BCUT2D eigenvalue weighted by atomic mass is 10.1. The fourth-order valence-electron chi connectivity index (χ4n) is 0.425. The van der Waals surface area contributed by atoms with Gasteiger partial charge in [-0.05, 0) is 72.8 Å². The molecule has 0 aliphatic carbocycles. The minimum atomic E-state index is -0.338. The summed E-state index contributed by atoms with van der Waals surface area (Å²) in [5.74, 6) is 0.713. The average Bonchev–Trinajstić information content (AvgIpc) is 3.01. The summed E-state index contributed by atoms with van der Waals surface area (Å²) in [7, 11) is 0. The number of rotatable bonds is 11. The maximum Gasteiger partial charge on any atom is 0.0634 e. The zero-order valence-corrected chi connectivity index (χ0v) is 30.3. The minimum Gasteiger partial charge on any atom is -0.395 e. The van der Waals surface area contributed by atoms with Gasteiger partial charge in [0.25, 0.3) is 0 Å². The van der Waals surface area contributed by atoms with E-state index in [2.05, 4.69) is 27.7 Å². The number of hydrogen-bond donors (Lipinski definition) is 13. The van der Waals surface area contributed by atoms with E-state index < -0.39 is 0 Å². The SMILES string of the molecule is CC[C@@H](C)N.CC[C@@H](N)CO.CC[C@H](C)CN.CC[C@H](C)N.CC[C@H](N)CO.C[C@@H](N)CO.C[C@@H](O)CN.C[C@H](O)CN. The van der Waals surface area contributed by atoms with Crippen LogP contribution in [0.1, 0.15) is 108 Å². The Morgan fingerprint density at radius 2 is 0.628 bits per heavy atom. The molecule has 0 saturated heterocycles. The molecule has 0 rings (SSSR count). The van der Waals surface area contributed by atoms with Gasteiger partial charge in [0.1, 0.15) is 0 Å². The van der Waals surface area contributed by atoms with E-state index in [4.69, 9.17) is 71.4 Å². The van der Waals surface area contributed by atoms with Crippen molar-refractivity contribution in [3.05, 3.63) is 0 Å². The Kier molecular flexibility index (Phi) is 81.7. The Morgan fingerprint density at radius 1 is 0.419 bits per heavy atom. The quantitative estimate of drug-likeness (QED) is 0.141. The first-order chi connectivity index (χ1) is 19.8. The Bertz CT molecular complexity index is 317. The zero-order valence-electron chi connectivity index (χ0n) is 30.3. The number of aliphatic hydroxyl groups excluding tert-OH is 5. The van der Waals surface area contributed by atoms with Crippen LogP contribution in [-0.4, -0.2) is 107 Å². The van der Waals surface area contributed by atoms with Gasteiger partial charge in [-0.25, -0.2) is 0 Å². The highest BCUT2D eigenvalue weighted by atomic mass is 16.3. The predicted octanol–water partition coefficient (Wildman–Crippen LogP) is -0.112. The maximum atomic E-state index is 8.24. The lowest BCUT2D eigenvalue weighted by molar-refractivity contribution is 0.203. The molecule has 13 heteroatoms. The third kappa shape index (κ3) is 140. The van der Waals surface area contributed by atoms with Gasteiger partial charge in [0.15, 0.2) is 0 Å². The molecule has 0 aliphatic rings. The molecule has 0 amide bonds. The highest BCUT2D eigenvalue weighted by molar-refractivity contribution is 4.52. The molecule has 0 radical (unpaired) electrons. The van der Waals surface area contributed by atoms with E-state index in [1.807, 2.05) is 27.7 Å². The molecule has 21 N–H and O–H groups in total. The normalized spacial score (nSPS) is 14.8. The second kappa shape index (κ2) is 57.2. The van der Waals surface area contributed by atoms with Crippen LogP contribution in [0.4, 0.5) is 0 Å². The summed E-state index contributed by atoms with van der Waals surface area (Å²) < 4.78 is 0. The summed E-state index contributed by atoms with van der Waals surface area (Å²) in [6.45, 7) is 23.2. The number of hydrogen-bond acceptors (Lipinski definition) is 13. The van der Waals surface area contributed by atoms with Crippen molar-refractivity contribution >= 4 is 0 Å². The molecule has 43 heavy (non-hydrogen) atoms. The number of nitrogens with two attached hydrogens (primary N) is 8. The van der Waals surface area contributed by atoms with E-state index in [-0.39, 0.29) is 50.2 Å². The van der Waals surface area contributed by atoms with E-state index >= 15 is 0 Å². The van der Waals surface area contributed by atoms with Crippen molar-refractivity contribution in [3.63, 3.8) is 0 Å². The van der Waals surface area contributed by atoms with Gasteiger partial charge in [-0.15, -0.1) is 0 Å². The van der Waals surface area contributed by atoms with Gasteiger partial charge in [-0.3, -0.25) is 0 Å². The van der Waals surface area contributed by atoms with Crippen molar-refractivity contribution in [1.82, 2.24) is 0 Å². The molecule has 0 spiro atoms. The average molecular weight is 637 g/mol. The van der Waals surface area contributed by atoms with Crippen LogP contribution in [0.2, 0.25) is 0 Å². The summed E-state index contributed by atoms with van der Waals surface area (Å²) in [4.78, 5) is 0. The van der Waals surface area contributed by atoms with E-state index in [1.54, 1.807) is 20.8 Å². The predicted molar refractivity (Wildman–Crippen MR) is 189 cm³/mol. The molecule has 0 saturated carbocycles. The van der Waals surface area contributed by atoms with Crippen molar-refractivity contribution in [2.45, 2.75) is 151 Å². The van der Waals surface area contributed by atoms with Crippen LogP contribution in [0.15, 0.2) is 0 Å². The Hall–Kier alpha value is -0.520. The first kappa shape index (κ1) is 61.5. The second-order valence-electron chi connectivity index (χ2n) is 10.6. The van der Waals surface area contributed by atoms with Crippen LogP contribution in [0.3, 0.4) is 0 Å². The van der Waals surface area contributed by atoms with Crippen LogP contribution < -0.4 is 45.9 Å². The Morgan fingerprint density at radius 3 is 0.628 bits per heavy atom. The molecule has 0 aromatic rings. The van der Waals surface area contributed by atoms with Gasteiger partial charge < -0.3 is 71.4 Å². The molecule has 0 fully saturated rings. The number of aliphatic hydroxyl groups is 5. The molecule has 274 valence electrons. The first-order valence-corrected chi connectivity index (χ1v) is 15.8. The molecule has 0 heterocycles. The lowest BCUT2D eigenvalue weighted by Gasteiger charge is -1.98. The molecule has 0 aromatic carbocycles. The monoisotopic (exact) mass is 637 g/mol. The molecule has 8 atom stereocenters. The van der Waals surface area contributed by atoms with Crippen molar-refractivity contribution < 1.29 is 25.5 Å². The van der Waals surface area contributed by atoms with Crippen LogP contribution in [0, 0.1) is 5.92 Å². The van der Waals surface area contributed by atoms with E-state index in [0.717, 1.165) is 32.2 Å². The summed E-state index contributed by atoms with van der Waals surface area (Å²) in [6, 6.07) is 0.690. The third-order valence-corrected chi connectivity index (χ3v) is 4.88. The molecule has 0 unspecified atom stereocenters. The lowest BCUT2D eigenvalue weighted by Crippen LogP contribution is -2.22. The summed E-state index contributed by atoms with van der Waals surface area (Å²) in [5, 5.41) is 40.9. The van der Waals surface area contributed by atoms with Gasteiger partial charge in [0, 0.05) is 43.3 Å². The van der Waals surface area contributed by atoms with Crippen LogP contribution in [0.25, 0.3) is 0 Å². The zero-order chi connectivity index (χ0) is 36.4. The van der Waals surface area contributed by atoms with Crippen molar-refractivity contribution in [1.29, 1.82) is 0 Å². The standard InChI is InChI=1S/C5H13N.2C4H11NO.2C4H11N.3C3H9NO/c1-3-5(2)4-6;2*1-2-4(5)3-6;2*1-3-4(2)5;1-3(4)2-5;2*1-3(5)2-4/h5H,3-4,6H2,1-2H3;2*4,6H,2-3,5H2,1H3;2*4H,3,5H2,1-2H3;3*3,5H,2,4H2,1H3/t5-;4*4-;3*3-/m01010110/s1. The minimum absolute atomic E-state index is 0.00926. The van der Waals surface area contributed by atoms with Crippen LogP contribution in [-0.2, 0) is 0 Å². The van der Waals surface area contributed by atoms with E-state index in [1.165, 1.54) is 6.42 Å². The highest BCUT2D eigenvalue weighted by Gasteiger charge is 1.91. The molecule has 0 aromatic heterocycles. The van der Waals surface area contributed by atoms with Gasteiger partial charge in [0.05, 0.1) is 32.0 Å². The van der Waals surface area contributed by atoms with Crippen LogP contribution in [0.5, 0.6) is 0 Å². The highest BCUT2D eigenvalue weighted by Crippen LogP contribution is 1.93. The second-order valence-corrected chi connectivity index (χ2v) is 10.6. The summed E-state index contributed by atoms with van der Waals surface area (Å²) in [5.41, 5.74) is 41.2. The Balaban J connectivity index is -0.0000000544. The molecule has 13 nitrogen and oxygen atoms in total. The van der Waals surface area contributed by atoms with Gasteiger partial charge in [-0.2, -0.15) is 0 Å². The topological polar surface area (TPSA) is 309 Å². The van der Waals surface area contributed by atoms with Crippen molar-refractivity contribution in [2.24, 2.45) is 51.8 Å². The van der Waals surface area contributed by atoms with E-state index in [0.29, 0.717) is 31.1 Å². The summed E-state index contributed by atoms with van der Waals surface area (Å²) >= 11 is 0. The summed E-state index contributed by atoms with van der Waals surface area (Å²) in [6.07, 6.45) is 4.41. The van der Waals surface area contributed by atoms with Crippen molar-refractivity contribution in [3.8, 4) is 0 Å². The van der Waals surface area contributed by atoms with Gasteiger partial charge in [0.2, 0.25) is 0 Å². The van der Waals surface area contributed by atoms with Crippen LogP contribution >= 0.6 is 0 Å². The maximum absolute atomic E-state index is 8.24. The molecule has 0 bridgehead atoms. The Labute approximate surface area is 267 Å². The third-order valence-electron chi connectivity index (χ3n) is 4.88. The molecular weight excluding hydrogens is 552 g/mol. The molecular formula is C30H84N8O5. The molecule has 0 aliphatic heterocycles. The smallest absolute Gasteiger partial charge is 0.0634 e. The van der Waals surface area contributed by atoms with Crippen molar-refractivity contribution in [2.75, 3.05) is 39.5 Å². The fourth-order valence-corrected chi connectivity index (χ4v) is 0.425. The largest absolute Gasteiger partial charge is 0.395 e. The van der Waals surface area contributed by atoms with E-state index in [9.17, 15) is 0 Å². The fraction of sp³-hybridized carbons (Fsp3) is 1.00. The first-order valence-electron chi connectivity index (χ1n) is 15.8. The van der Waals surface area contributed by atoms with Gasteiger partial charge in [-0.1, -0.05) is 48.0 Å². The van der Waals surface area contributed by atoms with Gasteiger partial charge >= 0.3 is 0 Å².